The monoisotopic (exact) mass is 293 g/mol. The average Bonchev–Trinajstić information content (AvgIpc) is 3.19. The van der Waals surface area contributed by atoms with Gasteiger partial charge in [-0.05, 0) is 37.5 Å². The van der Waals surface area contributed by atoms with Gasteiger partial charge in [-0.25, -0.2) is 0 Å². The van der Waals surface area contributed by atoms with E-state index in [1.807, 2.05) is 13.1 Å². The van der Waals surface area contributed by atoms with Crippen molar-refractivity contribution in [1.29, 1.82) is 0 Å². The zero-order valence-corrected chi connectivity index (χ0v) is 12.4. The lowest BCUT2D eigenvalue weighted by molar-refractivity contribution is 0.0938. The molecular weight excluding hydrogens is 274 g/mol. The Hall–Kier alpha value is -1.26. The van der Waals surface area contributed by atoms with E-state index in [0.29, 0.717) is 10.6 Å². The Morgan fingerprint density at radius 3 is 2.85 bits per heavy atom. The topological polar surface area (TPSA) is 44.4 Å². The summed E-state index contributed by atoms with van der Waals surface area (Å²) >= 11 is 5.99. The molecular formula is C15H20ClN3O. The highest BCUT2D eigenvalue weighted by Gasteiger charge is 2.34. The van der Waals surface area contributed by atoms with E-state index in [4.69, 9.17) is 11.6 Å². The molecule has 1 atom stereocenters. The second-order valence-electron chi connectivity index (χ2n) is 5.63. The Morgan fingerprint density at radius 1 is 1.35 bits per heavy atom. The smallest absolute Gasteiger partial charge is 0.253 e. The lowest BCUT2D eigenvalue weighted by Crippen LogP contribution is -2.37. The third kappa shape index (κ3) is 2.91. The van der Waals surface area contributed by atoms with E-state index in [9.17, 15) is 4.79 Å². The van der Waals surface area contributed by atoms with Crippen LogP contribution in [0.1, 0.15) is 29.6 Å². The summed E-state index contributed by atoms with van der Waals surface area (Å²) in [7, 11) is 1.81. The summed E-state index contributed by atoms with van der Waals surface area (Å²) in [5.41, 5.74) is 1.42. The van der Waals surface area contributed by atoms with Crippen molar-refractivity contribution in [3.8, 4) is 0 Å². The molecule has 108 valence electrons. The van der Waals surface area contributed by atoms with E-state index in [-0.39, 0.29) is 11.9 Å². The van der Waals surface area contributed by atoms with Crippen molar-refractivity contribution in [3.63, 3.8) is 0 Å². The van der Waals surface area contributed by atoms with Crippen LogP contribution in [0.15, 0.2) is 18.2 Å². The number of likely N-dealkylation sites (tertiary alicyclic amines) is 1. The molecule has 4 nitrogen and oxygen atoms in total. The zero-order chi connectivity index (χ0) is 14.1. The molecule has 20 heavy (non-hydrogen) atoms. The van der Waals surface area contributed by atoms with E-state index in [0.717, 1.165) is 31.2 Å². The number of carbonyl (C=O) groups is 1. The minimum Gasteiger partial charge on any atom is -0.387 e. The third-order valence-corrected chi connectivity index (χ3v) is 4.35. The molecule has 1 saturated carbocycles. The summed E-state index contributed by atoms with van der Waals surface area (Å²) < 4.78 is 0. The minimum absolute atomic E-state index is 0.0421. The van der Waals surface area contributed by atoms with Gasteiger partial charge in [0.1, 0.15) is 0 Å². The van der Waals surface area contributed by atoms with Crippen LogP contribution in [0, 0.1) is 0 Å². The highest BCUT2D eigenvalue weighted by atomic mass is 35.5. The summed E-state index contributed by atoms with van der Waals surface area (Å²) in [6, 6.07) is 6.37. The molecule has 1 aromatic carbocycles. The summed E-state index contributed by atoms with van der Waals surface area (Å²) in [6.45, 7) is 2.08. The van der Waals surface area contributed by atoms with Gasteiger partial charge in [-0.3, -0.25) is 9.69 Å². The number of anilines is 1. The molecule has 2 fully saturated rings. The molecule has 1 aliphatic heterocycles. The lowest BCUT2D eigenvalue weighted by Gasteiger charge is -2.17. The maximum atomic E-state index is 12.4. The maximum Gasteiger partial charge on any atom is 0.253 e. The predicted molar refractivity (Wildman–Crippen MR) is 81.5 cm³/mol. The van der Waals surface area contributed by atoms with Crippen molar-refractivity contribution in [2.75, 3.05) is 25.5 Å². The van der Waals surface area contributed by atoms with Gasteiger partial charge < -0.3 is 10.6 Å². The van der Waals surface area contributed by atoms with Gasteiger partial charge in [0.25, 0.3) is 5.91 Å². The average molecular weight is 294 g/mol. The Bertz CT molecular complexity index is 516. The first-order valence-corrected chi connectivity index (χ1v) is 7.57. The quantitative estimate of drug-likeness (QED) is 0.896. The molecule has 0 bridgehead atoms. The van der Waals surface area contributed by atoms with Gasteiger partial charge in [0.15, 0.2) is 0 Å². The molecule has 1 heterocycles. The summed E-state index contributed by atoms with van der Waals surface area (Å²) in [5, 5.41) is 6.75. The number of nitrogens with zero attached hydrogens (tertiary/aromatic N) is 1. The van der Waals surface area contributed by atoms with Crippen LogP contribution < -0.4 is 10.6 Å². The van der Waals surface area contributed by atoms with Crippen molar-refractivity contribution in [2.24, 2.45) is 0 Å². The molecule has 5 heteroatoms. The molecule has 1 amide bonds. The largest absolute Gasteiger partial charge is 0.387 e. The fraction of sp³-hybridized carbons (Fsp3) is 0.533. The van der Waals surface area contributed by atoms with Crippen LogP contribution in [-0.4, -0.2) is 43.0 Å². The predicted octanol–water partition coefficient (Wildman–Crippen LogP) is 2.35. The Morgan fingerprint density at radius 2 is 2.15 bits per heavy atom. The molecule has 0 spiro atoms. The van der Waals surface area contributed by atoms with Crippen molar-refractivity contribution in [1.82, 2.24) is 10.2 Å². The number of hydrogen-bond acceptors (Lipinski definition) is 3. The van der Waals surface area contributed by atoms with Gasteiger partial charge in [-0.15, -0.1) is 0 Å². The Balaban J connectivity index is 1.65. The number of halogens is 1. The first kappa shape index (κ1) is 13.7. The van der Waals surface area contributed by atoms with Crippen molar-refractivity contribution in [2.45, 2.75) is 31.3 Å². The van der Waals surface area contributed by atoms with Crippen molar-refractivity contribution in [3.05, 3.63) is 28.8 Å². The molecule has 1 aromatic rings. The number of nitrogens with one attached hydrogen (secondary N) is 2. The van der Waals surface area contributed by atoms with Gasteiger partial charge in [-0.2, -0.15) is 0 Å². The van der Waals surface area contributed by atoms with Crippen molar-refractivity contribution >= 4 is 23.2 Å². The van der Waals surface area contributed by atoms with E-state index in [1.165, 1.54) is 12.8 Å². The van der Waals surface area contributed by atoms with Gasteiger partial charge in [0, 0.05) is 42.9 Å². The van der Waals surface area contributed by atoms with Crippen LogP contribution in [0.5, 0.6) is 0 Å². The first-order chi connectivity index (χ1) is 9.67. The Kier molecular flexibility index (Phi) is 3.85. The number of carbonyl (C=O) groups excluding carboxylic acids is 1. The summed E-state index contributed by atoms with van der Waals surface area (Å²) in [6.07, 6.45) is 3.68. The molecule has 0 aromatic heterocycles. The minimum atomic E-state index is -0.0421. The van der Waals surface area contributed by atoms with E-state index < -0.39 is 0 Å². The van der Waals surface area contributed by atoms with Crippen molar-refractivity contribution < 1.29 is 4.79 Å². The molecule has 1 saturated heterocycles. The van der Waals surface area contributed by atoms with Crippen LogP contribution in [0.2, 0.25) is 5.02 Å². The number of rotatable bonds is 4. The van der Waals surface area contributed by atoms with Crippen LogP contribution in [0.3, 0.4) is 0 Å². The highest BCUT2D eigenvalue weighted by Crippen LogP contribution is 2.30. The highest BCUT2D eigenvalue weighted by molar-refractivity contribution is 6.31. The number of hydrogen-bond donors (Lipinski definition) is 2. The van der Waals surface area contributed by atoms with Gasteiger partial charge >= 0.3 is 0 Å². The fourth-order valence-corrected chi connectivity index (χ4v) is 3.03. The molecule has 2 N–H and O–H groups in total. The molecule has 1 unspecified atom stereocenters. The first-order valence-electron chi connectivity index (χ1n) is 7.19. The second-order valence-corrected chi connectivity index (χ2v) is 6.06. The second kappa shape index (κ2) is 5.62. The summed E-state index contributed by atoms with van der Waals surface area (Å²) in [5.74, 6) is -0.0421. The van der Waals surface area contributed by atoms with Crippen LogP contribution in [0.4, 0.5) is 5.69 Å². The normalized spacial score (nSPS) is 22.8. The molecule has 1 aliphatic carbocycles. The zero-order valence-electron chi connectivity index (χ0n) is 11.7. The molecule has 0 radical (unpaired) electrons. The number of amides is 1. The van der Waals surface area contributed by atoms with Gasteiger partial charge in [0.2, 0.25) is 0 Å². The van der Waals surface area contributed by atoms with Crippen LogP contribution >= 0.6 is 11.6 Å². The van der Waals surface area contributed by atoms with Gasteiger partial charge in [0.05, 0.1) is 5.56 Å². The van der Waals surface area contributed by atoms with Gasteiger partial charge in [-0.1, -0.05) is 11.6 Å². The molecule has 2 aliphatic rings. The maximum absolute atomic E-state index is 12.4. The van der Waals surface area contributed by atoms with E-state index in [1.54, 1.807) is 12.1 Å². The van der Waals surface area contributed by atoms with E-state index >= 15 is 0 Å². The Labute approximate surface area is 124 Å². The summed E-state index contributed by atoms with van der Waals surface area (Å²) in [4.78, 5) is 14.9. The number of benzene rings is 1. The molecule has 3 rings (SSSR count). The lowest BCUT2D eigenvalue weighted by atomic mass is 10.1. The van der Waals surface area contributed by atoms with E-state index in [2.05, 4.69) is 15.5 Å². The van der Waals surface area contributed by atoms with Crippen LogP contribution in [-0.2, 0) is 0 Å². The fourth-order valence-electron chi connectivity index (χ4n) is 2.86. The van der Waals surface area contributed by atoms with Crippen LogP contribution in [0.25, 0.3) is 0 Å². The standard InChI is InChI=1S/C15H20ClN3O/c1-17-14-5-2-10(16)8-13(14)15(20)18-11-6-7-19(9-11)12-3-4-12/h2,5,8,11-12,17H,3-4,6-7,9H2,1H3,(H,18,20). The SMILES string of the molecule is CNc1ccc(Cl)cc1C(=O)NC1CCN(C2CC2)C1. The third-order valence-electron chi connectivity index (χ3n) is 4.11.